The minimum absolute atomic E-state index is 0.0585. The first kappa shape index (κ1) is 8.84. The minimum Gasteiger partial charge on any atom is -0.446 e. The van der Waals surface area contributed by atoms with Gasteiger partial charge in [0.05, 0.1) is 6.10 Å². The SMILES string of the molecule is CC(C)OC(=O)N1C=CC=CC1. The molecule has 0 aromatic rings. The Labute approximate surface area is 72.3 Å². The Hall–Kier alpha value is -1.25. The molecule has 0 unspecified atom stereocenters. The van der Waals surface area contributed by atoms with Crippen molar-refractivity contribution in [2.24, 2.45) is 0 Å². The summed E-state index contributed by atoms with van der Waals surface area (Å²) in [5.74, 6) is 0. The van der Waals surface area contributed by atoms with Gasteiger partial charge in [-0.05, 0) is 19.9 Å². The fourth-order valence-corrected chi connectivity index (χ4v) is 0.872. The zero-order chi connectivity index (χ0) is 8.97. The molecule has 1 aliphatic heterocycles. The smallest absolute Gasteiger partial charge is 0.414 e. The Bertz CT molecular complexity index is 219. The third-order valence-electron chi connectivity index (χ3n) is 1.39. The lowest BCUT2D eigenvalue weighted by Gasteiger charge is -2.19. The summed E-state index contributed by atoms with van der Waals surface area (Å²) in [7, 11) is 0. The molecule has 1 rings (SSSR count). The number of ether oxygens (including phenoxy) is 1. The van der Waals surface area contributed by atoms with Crippen LogP contribution < -0.4 is 0 Å². The van der Waals surface area contributed by atoms with Crippen molar-refractivity contribution < 1.29 is 9.53 Å². The molecule has 0 spiro atoms. The quantitative estimate of drug-likeness (QED) is 0.597. The number of hydrogen-bond donors (Lipinski definition) is 0. The molecule has 12 heavy (non-hydrogen) atoms. The molecule has 0 saturated carbocycles. The summed E-state index contributed by atoms with van der Waals surface area (Å²) < 4.78 is 4.99. The first-order valence-electron chi connectivity index (χ1n) is 4.00. The third kappa shape index (κ3) is 2.42. The highest BCUT2D eigenvalue weighted by molar-refractivity contribution is 5.69. The lowest BCUT2D eigenvalue weighted by Crippen LogP contribution is -2.29. The average Bonchev–Trinajstić information content (AvgIpc) is 2.05. The molecule has 3 heteroatoms. The highest BCUT2D eigenvalue weighted by atomic mass is 16.6. The Balaban J connectivity index is 2.42. The summed E-state index contributed by atoms with van der Waals surface area (Å²) in [5, 5.41) is 0. The molecule has 1 amide bonds. The van der Waals surface area contributed by atoms with Crippen LogP contribution in [-0.2, 0) is 4.74 Å². The van der Waals surface area contributed by atoms with E-state index in [1.807, 2.05) is 32.1 Å². The molecule has 66 valence electrons. The van der Waals surface area contributed by atoms with E-state index in [1.165, 1.54) is 4.90 Å². The van der Waals surface area contributed by atoms with Gasteiger partial charge < -0.3 is 4.74 Å². The van der Waals surface area contributed by atoms with E-state index in [0.29, 0.717) is 6.54 Å². The maximum atomic E-state index is 11.2. The molecule has 0 radical (unpaired) electrons. The monoisotopic (exact) mass is 167 g/mol. The van der Waals surface area contributed by atoms with Crippen LogP contribution in [0.15, 0.2) is 24.4 Å². The van der Waals surface area contributed by atoms with E-state index >= 15 is 0 Å². The Morgan fingerprint density at radius 1 is 1.50 bits per heavy atom. The van der Waals surface area contributed by atoms with Crippen molar-refractivity contribution in [2.45, 2.75) is 20.0 Å². The number of amides is 1. The lowest BCUT2D eigenvalue weighted by molar-refractivity contribution is 0.0915. The van der Waals surface area contributed by atoms with Gasteiger partial charge in [0.15, 0.2) is 0 Å². The van der Waals surface area contributed by atoms with E-state index in [1.54, 1.807) is 6.20 Å². The molecule has 0 atom stereocenters. The van der Waals surface area contributed by atoms with E-state index in [4.69, 9.17) is 4.74 Å². The molecule has 0 bridgehead atoms. The number of carbonyl (C=O) groups excluding carboxylic acids is 1. The topological polar surface area (TPSA) is 29.5 Å². The zero-order valence-corrected chi connectivity index (χ0v) is 7.36. The van der Waals surface area contributed by atoms with Crippen LogP contribution in [0.25, 0.3) is 0 Å². The number of rotatable bonds is 1. The summed E-state index contributed by atoms with van der Waals surface area (Å²) >= 11 is 0. The van der Waals surface area contributed by atoms with Crippen molar-refractivity contribution in [1.29, 1.82) is 0 Å². The highest BCUT2D eigenvalue weighted by Crippen LogP contribution is 2.02. The molecule has 0 fully saturated rings. The largest absolute Gasteiger partial charge is 0.446 e. The molecule has 1 heterocycles. The summed E-state index contributed by atoms with van der Waals surface area (Å²) in [6, 6.07) is 0. The maximum Gasteiger partial charge on any atom is 0.414 e. The van der Waals surface area contributed by atoms with Crippen LogP contribution in [-0.4, -0.2) is 23.6 Å². The standard InChI is InChI=1S/C9H13NO2/c1-8(2)12-9(11)10-6-4-3-5-7-10/h3-6,8H,7H2,1-2H3. The third-order valence-corrected chi connectivity index (χ3v) is 1.39. The van der Waals surface area contributed by atoms with Gasteiger partial charge in [0.1, 0.15) is 0 Å². The lowest BCUT2D eigenvalue weighted by atomic mass is 10.4. The van der Waals surface area contributed by atoms with Crippen LogP contribution in [0.1, 0.15) is 13.8 Å². The average molecular weight is 167 g/mol. The van der Waals surface area contributed by atoms with Crippen molar-refractivity contribution in [3.05, 3.63) is 24.4 Å². The van der Waals surface area contributed by atoms with Gasteiger partial charge in [-0.2, -0.15) is 0 Å². The van der Waals surface area contributed by atoms with Crippen molar-refractivity contribution in [3.8, 4) is 0 Å². The van der Waals surface area contributed by atoms with Gasteiger partial charge in [-0.3, -0.25) is 4.90 Å². The van der Waals surface area contributed by atoms with Crippen LogP contribution >= 0.6 is 0 Å². The van der Waals surface area contributed by atoms with E-state index in [9.17, 15) is 4.79 Å². The number of nitrogens with zero attached hydrogens (tertiary/aromatic N) is 1. The Kier molecular flexibility index (Phi) is 2.91. The number of hydrogen-bond acceptors (Lipinski definition) is 2. The molecule has 0 aromatic carbocycles. The molecule has 0 saturated heterocycles. The molecule has 3 nitrogen and oxygen atoms in total. The van der Waals surface area contributed by atoms with Gasteiger partial charge in [0.2, 0.25) is 0 Å². The fourth-order valence-electron chi connectivity index (χ4n) is 0.872. The molecular formula is C9H13NO2. The highest BCUT2D eigenvalue weighted by Gasteiger charge is 2.12. The Morgan fingerprint density at radius 3 is 2.75 bits per heavy atom. The summed E-state index contributed by atoms with van der Waals surface area (Å²) in [4.78, 5) is 12.8. The van der Waals surface area contributed by atoms with Crippen molar-refractivity contribution in [1.82, 2.24) is 4.90 Å². The van der Waals surface area contributed by atoms with E-state index in [-0.39, 0.29) is 12.2 Å². The predicted octanol–water partition coefficient (Wildman–Crippen LogP) is 1.92. The second-order valence-electron chi connectivity index (χ2n) is 2.85. The van der Waals surface area contributed by atoms with Gasteiger partial charge >= 0.3 is 6.09 Å². The van der Waals surface area contributed by atoms with Gasteiger partial charge in [-0.1, -0.05) is 12.2 Å². The molecule has 1 aliphatic rings. The number of carbonyl (C=O) groups is 1. The maximum absolute atomic E-state index is 11.2. The van der Waals surface area contributed by atoms with Crippen molar-refractivity contribution >= 4 is 6.09 Å². The number of allylic oxidation sites excluding steroid dienone is 2. The van der Waals surface area contributed by atoms with E-state index < -0.39 is 0 Å². The summed E-state index contributed by atoms with van der Waals surface area (Å²) in [6.07, 6.45) is 6.98. The molecule has 0 aromatic heterocycles. The van der Waals surface area contributed by atoms with Gasteiger partial charge in [0.25, 0.3) is 0 Å². The van der Waals surface area contributed by atoms with Crippen LogP contribution in [0.3, 0.4) is 0 Å². The van der Waals surface area contributed by atoms with Gasteiger partial charge in [-0.25, -0.2) is 4.79 Å². The zero-order valence-electron chi connectivity index (χ0n) is 7.36. The Morgan fingerprint density at radius 2 is 2.25 bits per heavy atom. The van der Waals surface area contributed by atoms with Gasteiger partial charge in [0, 0.05) is 12.7 Å². The molecule has 0 N–H and O–H groups in total. The summed E-state index contributed by atoms with van der Waals surface area (Å²) in [5.41, 5.74) is 0. The van der Waals surface area contributed by atoms with E-state index in [0.717, 1.165) is 0 Å². The van der Waals surface area contributed by atoms with E-state index in [2.05, 4.69) is 0 Å². The van der Waals surface area contributed by atoms with Crippen LogP contribution in [0.2, 0.25) is 0 Å². The second-order valence-corrected chi connectivity index (χ2v) is 2.85. The summed E-state index contributed by atoms with van der Waals surface area (Å²) in [6.45, 7) is 4.27. The second kappa shape index (κ2) is 3.95. The fraction of sp³-hybridized carbons (Fsp3) is 0.444. The van der Waals surface area contributed by atoms with Crippen molar-refractivity contribution in [2.75, 3.05) is 6.54 Å². The molecule has 0 aliphatic carbocycles. The first-order chi connectivity index (χ1) is 5.70. The predicted molar refractivity (Wildman–Crippen MR) is 46.6 cm³/mol. The van der Waals surface area contributed by atoms with Crippen LogP contribution in [0.4, 0.5) is 4.79 Å². The van der Waals surface area contributed by atoms with Crippen LogP contribution in [0.5, 0.6) is 0 Å². The van der Waals surface area contributed by atoms with Crippen molar-refractivity contribution in [3.63, 3.8) is 0 Å². The normalized spacial score (nSPS) is 15.4. The van der Waals surface area contributed by atoms with Crippen LogP contribution in [0, 0.1) is 0 Å². The first-order valence-corrected chi connectivity index (χ1v) is 4.00. The molecular weight excluding hydrogens is 154 g/mol. The minimum atomic E-state index is -0.286. The van der Waals surface area contributed by atoms with Gasteiger partial charge in [-0.15, -0.1) is 0 Å².